The first-order chi connectivity index (χ1) is 16.0. The van der Waals surface area contributed by atoms with Gasteiger partial charge in [-0.15, -0.1) is 11.3 Å². The Morgan fingerprint density at radius 3 is 2.94 bits per heavy atom. The summed E-state index contributed by atoms with van der Waals surface area (Å²) < 4.78 is 10.6. The summed E-state index contributed by atoms with van der Waals surface area (Å²) in [6.45, 7) is 6.24. The lowest BCUT2D eigenvalue weighted by atomic mass is 9.99. The summed E-state index contributed by atoms with van der Waals surface area (Å²) in [5, 5.41) is 7.44. The molecule has 2 aliphatic rings. The van der Waals surface area contributed by atoms with E-state index in [1.165, 1.54) is 22.8 Å². The number of nitrogens with zero attached hydrogens (tertiary/aromatic N) is 1. The molecule has 5 rings (SSSR count). The summed E-state index contributed by atoms with van der Waals surface area (Å²) in [5.74, 6) is 0.405. The van der Waals surface area contributed by atoms with Crippen molar-refractivity contribution < 1.29 is 18.7 Å². The molecule has 3 aromatic rings. The standard InChI is InChI=1S/C25H25N3O4S/c1-15(2)28-11-10-19-20(14-28)33-25-22(19)24(30)26-23(27-25)16-5-3-6-18(13-16)32-21(29)9-8-17-7-4-12-31-17/h3-9,12-13,15,23,27H,10-11,14H2,1-2H3,(H,26,30)/b9-8+. The fourth-order valence-corrected chi connectivity index (χ4v) is 5.49. The average molecular weight is 464 g/mol. The van der Waals surface area contributed by atoms with E-state index < -0.39 is 12.1 Å². The highest BCUT2D eigenvalue weighted by Gasteiger charge is 2.33. The van der Waals surface area contributed by atoms with Gasteiger partial charge in [0.1, 0.15) is 22.7 Å². The van der Waals surface area contributed by atoms with Crippen LogP contribution in [0.25, 0.3) is 6.08 Å². The van der Waals surface area contributed by atoms with E-state index in [2.05, 4.69) is 29.4 Å². The third-order valence-corrected chi connectivity index (χ3v) is 7.08. The lowest BCUT2D eigenvalue weighted by molar-refractivity contribution is -0.128. The molecule has 1 unspecified atom stereocenters. The Morgan fingerprint density at radius 1 is 1.27 bits per heavy atom. The van der Waals surface area contributed by atoms with Crippen LogP contribution in [0, 0.1) is 0 Å². The van der Waals surface area contributed by atoms with E-state index in [1.807, 2.05) is 6.07 Å². The summed E-state index contributed by atoms with van der Waals surface area (Å²) in [7, 11) is 0. The summed E-state index contributed by atoms with van der Waals surface area (Å²) in [6, 6.07) is 11.1. The number of amides is 1. The van der Waals surface area contributed by atoms with Gasteiger partial charge >= 0.3 is 5.97 Å². The number of hydrogen-bond donors (Lipinski definition) is 2. The number of thiophene rings is 1. The third-order valence-electron chi connectivity index (χ3n) is 5.93. The molecule has 0 saturated heterocycles. The Kier molecular flexibility index (Phi) is 5.78. The first kappa shape index (κ1) is 21.5. The van der Waals surface area contributed by atoms with Crippen molar-refractivity contribution in [1.82, 2.24) is 10.2 Å². The van der Waals surface area contributed by atoms with Gasteiger partial charge in [-0.3, -0.25) is 9.69 Å². The highest BCUT2D eigenvalue weighted by Crippen LogP contribution is 2.41. The maximum Gasteiger partial charge on any atom is 0.336 e. The number of fused-ring (bicyclic) bond motifs is 3. The molecule has 0 spiro atoms. The average Bonchev–Trinajstić information content (AvgIpc) is 3.45. The van der Waals surface area contributed by atoms with Gasteiger partial charge in [0.15, 0.2) is 0 Å². The van der Waals surface area contributed by atoms with E-state index >= 15 is 0 Å². The van der Waals surface area contributed by atoms with Crippen molar-refractivity contribution in [3.05, 3.63) is 76.1 Å². The molecule has 0 bridgehead atoms. The van der Waals surface area contributed by atoms with Crippen LogP contribution in [0.1, 0.15) is 52.1 Å². The van der Waals surface area contributed by atoms with Crippen molar-refractivity contribution in [2.75, 3.05) is 11.9 Å². The normalized spacial score (nSPS) is 18.0. The maximum absolute atomic E-state index is 13.0. The van der Waals surface area contributed by atoms with E-state index in [-0.39, 0.29) is 5.91 Å². The number of carbonyl (C=O) groups excluding carboxylic acids is 2. The summed E-state index contributed by atoms with van der Waals surface area (Å²) in [4.78, 5) is 28.9. The molecule has 1 aromatic carbocycles. The highest BCUT2D eigenvalue weighted by atomic mass is 32.1. The van der Waals surface area contributed by atoms with Gasteiger partial charge in [0, 0.05) is 30.1 Å². The molecule has 0 saturated carbocycles. The first-order valence-electron chi connectivity index (χ1n) is 11.0. The quantitative estimate of drug-likeness (QED) is 0.327. The predicted molar refractivity (Wildman–Crippen MR) is 127 cm³/mol. The molecule has 33 heavy (non-hydrogen) atoms. The topological polar surface area (TPSA) is 83.8 Å². The maximum atomic E-state index is 13.0. The molecule has 2 N–H and O–H groups in total. The number of benzene rings is 1. The lowest BCUT2D eigenvalue weighted by Gasteiger charge is -2.31. The van der Waals surface area contributed by atoms with Gasteiger partial charge in [0.2, 0.25) is 0 Å². The number of anilines is 1. The molecule has 4 heterocycles. The Labute approximate surface area is 196 Å². The minimum Gasteiger partial charge on any atom is -0.465 e. The van der Waals surface area contributed by atoms with Crippen LogP contribution in [0.4, 0.5) is 5.00 Å². The summed E-state index contributed by atoms with van der Waals surface area (Å²) in [5.41, 5.74) is 2.76. The van der Waals surface area contributed by atoms with Crippen molar-refractivity contribution in [3.63, 3.8) is 0 Å². The van der Waals surface area contributed by atoms with Crippen molar-refractivity contribution in [2.24, 2.45) is 0 Å². The molecule has 1 amide bonds. The predicted octanol–water partition coefficient (Wildman–Crippen LogP) is 4.58. The van der Waals surface area contributed by atoms with E-state index in [4.69, 9.17) is 9.15 Å². The molecular weight excluding hydrogens is 438 g/mol. The number of rotatable bonds is 5. The molecule has 0 fully saturated rings. The van der Waals surface area contributed by atoms with Crippen LogP contribution in [-0.2, 0) is 17.8 Å². The van der Waals surface area contributed by atoms with Gasteiger partial charge < -0.3 is 19.8 Å². The van der Waals surface area contributed by atoms with Crippen LogP contribution in [-0.4, -0.2) is 29.4 Å². The van der Waals surface area contributed by atoms with Crippen LogP contribution in [0.2, 0.25) is 0 Å². The summed E-state index contributed by atoms with van der Waals surface area (Å²) >= 11 is 1.66. The number of carbonyl (C=O) groups is 2. The molecular formula is C25H25N3O4S. The summed E-state index contributed by atoms with van der Waals surface area (Å²) in [6.07, 6.45) is 4.89. The smallest absolute Gasteiger partial charge is 0.336 e. The molecule has 2 aromatic heterocycles. The minimum absolute atomic E-state index is 0.0620. The van der Waals surface area contributed by atoms with Crippen LogP contribution in [0.15, 0.2) is 53.2 Å². The van der Waals surface area contributed by atoms with Crippen LogP contribution in [0.5, 0.6) is 5.75 Å². The van der Waals surface area contributed by atoms with E-state index in [9.17, 15) is 9.59 Å². The largest absolute Gasteiger partial charge is 0.465 e. The zero-order chi connectivity index (χ0) is 22.9. The zero-order valence-corrected chi connectivity index (χ0v) is 19.3. The monoisotopic (exact) mass is 463 g/mol. The Hall–Kier alpha value is -3.36. The fourth-order valence-electron chi connectivity index (χ4n) is 4.19. The van der Waals surface area contributed by atoms with Gasteiger partial charge in [-0.05, 0) is 61.7 Å². The third kappa shape index (κ3) is 4.44. The molecule has 8 heteroatoms. The number of furan rings is 1. The molecule has 0 radical (unpaired) electrons. The van der Waals surface area contributed by atoms with Crippen molar-refractivity contribution in [1.29, 1.82) is 0 Å². The number of ether oxygens (including phenoxy) is 1. The molecule has 7 nitrogen and oxygen atoms in total. The minimum atomic E-state index is -0.507. The van der Waals surface area contributed by atoms with E-state index in [0.717, 1.165) is 35.6 Å². The Morgan fingerprint density at radius 2 is 2.15 bits per heavy atom. The Balaban J connectivity index is 1.31. The number of nitrogens with one attached hydrogen (secondary N) is 2. The second-order valence-electron chi connectivity index (χ2n) is 8.42. The zero-order valence-electron chi connectivity index (χ0n) is 18.5. The van der Waals surface area contributed by atoms with Gasteiger partial charge in [0.25, 0.3) is 5.91 Å². The number of esters is 1. The number of hydrogen-bond acceptors (Lipinski definition) is 7. The first-order valence-corrected chi connectivity index (χ1v) is 11.8. The lowest BCUT2D eigenvalue weighted by Crippen LogP contribution is -2.39. The van der Waals surface area contributed by atoms with Gasteiger partial charge in [-0.25, -0.2) is 4.79 Å². The second-order valence-corrected chi connectivity index (χ2v) is 9.52. The SMILES string of the molecule is CC(C)N1CCc2c(sc3c2C(=O)NC(c2cccc(OC(=O)/C=C/c4ccco4)c2)N3)C1. The molecule has 2 aliphatic heterocycles. The van der Waals surface area contributed by atoms with Crippen LogP contribution < -0.4 is 15.4 Å². The van der Waals surface area contributed by atoms with E-state index in [0.29, 0.717) is 17.6 Å². The molecule has 0 aliphatic carbocycles. The van der Waals surface area contributed by atoms with Crippen molar-refractivity contribution >= 4 is 34.3 Å². The Bertz CT molecular complexity index is 1210. The highest BCUT2D eigenvalue weighted by molar-refractivity contribution is 7.16. The molecule has 170 valence electrons. The van der Waals surface area contributed by atoms with Crippen LogP contribution >= 0.6 is 11.3 Å². The van der Waals surface area contributed by atoms with E-state index in [1.54, 1.807) is 47.7 Å². The van der Waals surface area contributed by atoms with Crippen molar-refractivity contribution in [2.45, 2.75) is 39.0 Å². The van der Waals surface area contributed by atoms with Gasteiger partial charge in [0.05, 0.1) is 11.8 Å². The van der Waals surface area contributed by atoms with Crippen LogP contribution in [0.3, 0.4) is 0 Å². The van der Waals surface area contributed by atoms with Crippen molar-refractivity contribution in [3.8, 4) is 5.75 Å². The molecule has 1 atom stereocenters. The fraction of sp³-hybridized carbons (Fsp3) is 0.280. The van der Waals surface area contributed by atoms with Gasteiger partial charge in [-0.1, -0.05) is 12.1 Å². The second kappa shape index (κ2) is 8.88. The van der Waals surface area contributed by atoms with Gasteiger partial charge in [-0.2, -0.15) is 0 Å².